The van der Waals surface area contributed by atoms with Gasteiger partial charge in [-0.1, -0.05) is 48.7 Å². The highest BCUT2D eigenvalue weighted by atomic mass is 35.5. The first-order valence-corrected chi connectivity index (χ1v) is 12.0. The second kappa shape index (κ2) is 11.0. The lowest BCUT2D eigenvalue weighted by molar-refractivity contribution is -0.139. The van der Waals surface area contributed by atoms with Gasteiger partial charge < -0.3 is 19.5 Å². The number of benzene rings is 2. The van der Waals surface area contributed by atoms with Crippen LogP contribution in [-0.4, -0.2) is 34.5 Å². The number of fused-ring (bicyclic) bond motifs is 1. The lowest BCUT2D eigenvalue weighted by Gasteiger charge is -2.28. The number of hydrogen-bond donors (Lipinski definition) is 1. The summed E-state index contributed by atoms with van der Waals surface area (Å²) in [5.74, 6) is 1.13. The first-order chi connectivity index (χ1) is 16.9. The van der Waals surface area contributed by atoms with Gasteiger partial charge in [-0.2, -0.15) is 10.1 Å². The molecule has 1 unspecified atom stereocenters. The van der Waals surface area contributed by atoms with Crippen LogP contribution in [0.3, 0.4) is 0 Å². The Hall–Kier alpha value is -3.23. The van der Waals surface area contributed by atoms with E-state index in [1.807, 2.05) is 26.0 Å². The van der Waals surface area contributed by atoms with Crippen LogP contribution in [0.5, 0.6) is 11.5 Å². The van der Waals surface area contributed by atoms with E-state index in [2.05, 4.69) is 15.4 Å². The number of halogens is 2. The van der Waals surface area contributed by atoms with Gasteiger partial charge in [-0.05, 0) is 43.2 Å². The van der Waals surface area contributed by atoms with Gasteiger partial charge in [-0.15, -0.1) is 0 Å². The van der Waals surface area contributed by atoms with E-state index in [1.165, 1.54) is 6.33 Å². The lowest BCUT2D eigenvalue weighted by atomic mass is 9.95. The molecule has 35 heavy (non-hydrogen) atoms. The van der Waals surface area contributed by atoms with Gasteiger partial charge in [0.2, 0.25) is 5.95 Å². The van der Waals surface area contributed by atoms with Crippen molar-refractivity contribution in [3.63, 3.8) is 0 Å². The fraction of sp³-hybridized carbons (Fsp3) is 0.320. The fourth-order valence-corrected chi connectivity index (χ4v) is 4.35. The van der Waals surface area contributed by atoms with E-state index in [4.69, 9.17) is 37.4 Å². The Balaban J connectivity index is 1.66. The van der Waals surface area contributed by atoms with Crippen LogP contribution in [0.2, 0.25) is 10.0 Å². The van der Waals surface area contributed by atoms with Crippen molar-refractivity contribution < 1.29 is 19.0 Å². The van der Waals surface area contributed by atoms with Crippen molar-refractivity contribution in [3.05, 3.63) is 75.2 Å². The predicted octanol–water partition coefficient (Wildman–Crippen LogP) is 5.80. The summed E-state index contributed by atoms with van der Waals surface area (Å²) in [6.45, 7) is 4.39. The standard InChI is InChI=1S/C25H26Cl2N4O4/c1-4-5-11-34-24(32)22-15(2)30-25-28-14-29-31(25)23(22)16-9-10-20(21(12-16)33-3)35-13-17-18(26)7-6-8-19(17)27/h6-10,12,14,23H,4-5,11,13H2,1-3H3,(H,28,29,30). The number of nitrogens with zero attached hydrogens (tertiary/aromatic N) is 3. The molecule has 0 saturated carbocycles. The van der Waals surface area contributed by atoms with Crippen LogP contribution in [0.1, 0.15) is 43.9 Å². The van der Waals surface area contributed by atoms with Crippen LogP contribution in [0.15, 0.2) is 54.0 Å². The Kier molecular flexibility index (Phi) is 7.83. The molecule has 0 radical (unpaired) electrons. The van der Waals surface area contributed by atoms with E-state index < -0.39 is 12.0 Å². The molecule has 10 heteroatoms. The van der Waals surface area contributed by atoms with E-state index in [-0.39, 0.29) is 6.61 Å². The molecule has 1 atom stereocenters. The number of unbranched alkanes of at least 4 members (excludes halogenated alkanes) is 1. The summed E-state index contributed by atoms with van der Waals surface area (Å²) < 4.78 is 18.8. The van der Waals surface area contributed by atoms with Crippen LogP contribution < -0.4 is 14.8 Å². The summed E-state index contributed by atoms with van der Waals surface area (Å²) in [4.78, 5) is 17.3. The Morgan fingerprint density at radius 2 is 1.94 bits per heavy atom. The molecule has 1 aromatic heterocycles. The number of carbonyl (C=O) groups is 1. The minimum Gasteiger partial charge on any atom is -0.493 e. The quantitative estimate of drug-likeness (QED) is 0.283. The maximum atomic E-state index is 13.1. The smallest absolute Gasteiger partial charge is 0.338 e. The zero-order valence-corrected chi connectivity index (χ0v) is 21.2. The highest BCUT2D eigenvalue weighted by Gasteiger charge is 2.34. The van der Waals surface area contributed by atoms with Crippen LogP contribution in [0, 0.1) is 0 Å². The van der Waals surface area contributed by atoms with Gasteiger partial charge in [0.05, 0.1) is 19.3 Å². The van der Waals surface area contributed by atoms with Gasteiger partial charge in [0.15, 0.2) is 11.5 Å². The predicted molar refractivity (Wildman–Crippen MR) is 134 cm³/mol. The number of aromatic nitrogens is 3. The lowest BCUT2D eigenvalue weighted by Crippen LogP contribution is -2.29. The molecule has 8 nitrogen and oxygen atoms in total. The Labute approximate surface area is 213 Å². The van der Waals surface area contributed by atoms with Crippen molar-refractivity contribution in [1.82, 2.24) is 14.8 Å². The third kappa shape index (κ3) is 5.23. The van der Waals surface area contributed by atoms with Crippen molar-refractivity contribution in [3.8, 4) is 11.5 Å². The number of esters is 1. The van der Waals surface area contributed by atoms with Crippen molar-refractivity contribution in [1.29, 1.82) is 0 Å². The molecule has 184 valence electrons. The van der Waals surface area contributed by atoms with Gasteiger partial charge in [0, 0.05) is 21.3 Å². The molecular formula is C25H26Cl2N4O4. The zero-order chi connectivity index (χ0) is 24.9. The summed E-state index contributed by atoms with van der Waals surface area (Å²) in [5.41, 5.74) is 2.56. The summed E-state index contributed by atoms with van der Waals surface area (Å²) in [5, 5.41) is 8.53. The molecule has 0 aliphatic carbocycles. The summed E-state index contributed by atoms with van der Waals surface area (Å²) in [6, 6.07) is 10.2. The number of anilines is 1. The van der Waals surface area contributed by atoms with Gasteiger partial charge in [0.25, 0.3) is 0 Å². The van der Waals surface area contributed by atoms with Crippen molar-refractivity contribution >= 4 is 35.1 Å². The van der Waals surface area contributed by atoms with Crippen molar-refractivity contribution in [2.24, 2.45) is 0 Å². The number of carbonyl (C=O) groups excluding carboxylic acids is 1. The average Bonchev–Trinajstić information content (AvgIpc) is 3.31. The molecular weight excluding hydrogens is 491 g/mol. The number of hydrogen-bond acceptors (Lipinski definition) is 7. The average molecular weight is 517 g/mol. The molecule has 0 spiro atoms. The third-order valence-corrected chi connectivity index (χ3v) is 6.39. The molecule has 1 aliphatic rings. The van der Waals surface area contributed by atoms with Crippen LogP contribution in [-0.2, 0) is 16.1 Å². The summed E-state index contributed by atoms with van der Waals surface area (Å²) in [6.07, 6.45) is 3.16. The maximum Gasteiger partial charge on any atom is 0.338 e. The molecule has 0 bridgehead atoms. The molecule has 0 fully saturated rings. The second-order valence-corrected chi connectivity index (χ2v) is 8.80. The minimum atomic E-state index is -0.552. The highest BCUT2D eigenvalue weighted by Crippen LogP contribution is 2.39. The molecule has 4 rings (SSSR count). The third-order valence-electron chi connectivity index (χ3n) is 5.68. The number of nitrogens with one attached hydrogen (secondary N) is 1. The zero-order valence-electron chi connectivity index (χ0n) is 19.7. The summed E-state index contributed by atoms with van der Waals surface area (Å²) >= 11 is 12.5. The van der Waals surface area contributed by atoms with E-state index in [9.17, 15) is 4.79 Å². The SMILES string of the molecule is CCCCOC(=O)C1=C(C)Nc2ncnn2C1c1ccc(OCc2c(Cl)cccc2Cl)c(OC)c1. The molecule has 1 aliphatic heterocycles. The van der Waals surface area contributed by atoms with E-state index in [0.29, 0.717) is 50.9 Å². The Morgan fingerprint density at radius 1 is 1.17 bits per heavy atom. The second-order valence-electron chi connectivity index (χ2n) is 7.98. The van der Waals surface area contributed by atoms with E-state index >= 15 is 0 Å². The highest BCUT2D eigenvalue weighted by molar-refractivity contribution is 6.35. The molecule has 3 aromatic rings. The topological polar surface area (TPSA) is 87.5 Å². The molecule has 0 saturated heterocycles. The fourth-order valence-electron chi connectivity index (χ4n) is 3.84. The van der Waals surface area contributed by atoms with Crippen molar-refractivity contribution in [2.75, 3.05) is 19.0 Å². The number of methoxy groups -OCH3 is 1. The van der Waals surface area contributed by atoms with Crippen LogP contribution in [0.4, 0.5) is 5.95 Å². The Bertz CT molecular complexity index is 1240. The van der Waals surface area contributed by atoms with Crippen molar-refractivity contribution in [2.45, 2.75) is 39.3 Å². The van der Waals surface area contributed by atoms with Gasteiger partial charge in [0.1, 0.15) is 19.0 Å². The Morgan fingerprint density at radius 3 is 2.66 bits per heavy atom. The molecule has 0 amide bonds. The summed E-state index contributed by atoms with van der Waals surface area (Å²) in [7, 11) is 1.55. The maximum absolute atomic E-state index is 13.1. The molecule has 2 aromatic carbocycles. The van der Waals surface area contributed by atoms with E-state index in [1.54, 1.807) is 36.1 Å². The first-order valence-electron chi connectivity index (χ1n) is 11.2. The minimum absolute atomic E-state index is 0.169. The molecule has 1 N–H and O–H groups in total. The number of allylic oxidation sites excluding steroid dienone is 1. The number of rotatable bonds is 9. The number of ether oxygens (including phenoxy) is 3. The van der Waals surface area contributed by atoms with Gasteiger partial charge >= 0.3 is 5.97 Å². The normalized spacial score (nSPS) is 14.8. The first kappa shape index (κ1) is 24.9. The van der Waals surface area contributed by atoms with Gasteiger partial charge in [-0.25, -0.2) is 9.48 Å². The van der Waals surface area contributed by atoms with Crippen LogP contribution in [0.25, 0.3) is 0 Å². The monoisotopic (exact) mass is 516 g/mol. The largest absolute Gasteiger partial charge is 0.493 e. The van der Waals surface area contributed by atoms with E-state index in [0.717, 1.165) is 18.4 Å². The van der Waals surface area contributed by atoms with Gasteiger partial charge in [-0.3, -0.25) is 0 Å². The van der Waals surface area contributed by atoms with Crippen LogP contribution >= 0.6 is 23.2 Å². The molecule has 2 heterocycles.